The highest BCUT2D eigenvalue weighted by molar-refractivity contribution is 5.87. The normalized spacial score (nSPS) is 48.6. The Morgan fingerprint density at radius 1 is 0.691 bits per heavy atom. The van der Waals surface area contributed by atoms with Gasteiger partial charge in [-0.15, -0.1) is 0 Å². The van der Waals surface area contributed by atoms with E-state index in [1.54, 1.807) is 41.1 Å². The summed E-state index contributed by atoms with van der Waals surface area (Å²) in [6, 6.07) is 9.44. The average molecular weight is 1150 g/mol. The van der Waals surface area contributed by atoms with Gasteiger partial charge >= 0.3 is 11.9 Å². The van der Waals surface area contributed by atoms with Gasteiger partial charge in [0.15, 0.2) is 25.2 Å². The van der Waals surface area contributed by atoms with Gasteiger partial charge in [-0.2, -0.15) is 0 Å². The molecule has 9 rings (SSSR count). The number of hydrogen-bond acceptors (Lipinski definition) is 22. The van der Waals surface area contributed by atoms with E-state index < -0.39 is 170 Å². The Morgan fingerprint density at radius 3 is 1.93 bits per heavy atom. The first-order valence-electron chi connectivity index (χ1n) is 29.2. The molecule has 1 aromatic rings. The molecule has 29 atom stereocenters. The number of hydrogen-bond donors (Lipinski definition) is 7. The Hall–Kier alpha value is -2.82. The number of rotatable bonds is 17. The summed E-state index contributed by atoms with van der Waals surface area (Å²) in [6.45, 7) is 11.9. The van der Waals surface area contributed by atoms with Crippen LogP contribution in [-0.2, 0) is 71.2 Å². The topological polar surface area (TPSA) is 296 Å². The van der Waals surface area contributed by atoms with Crippen LogP contribution in [0.4, 0.5) is 0 Å². The van der Waals surface area contributed by atoms with Gasteiger partial charge in [-0.3, -0.25) is 4.79 Å². The molecular formula is C59H90O22. The van der Waals surface area contributed by atoms with E-state index in [2.05, 4.69) is 6.92 Å². The molecule has 4 saturated carbocycles. The van der Waals surface area contributed by atoms with Gasteiger partial charge in [0.2, 0.25) is 0 Å². The fourth-order valence-corrected chi connectivity index (χ4v) is 16.0. The van der Waals surface area contributed by atoms with Gasteiger partial charge in [0.1, 0.15) is 67.1 Å². The van der Waals surface area contributed by atoms with Gasteiger partial charge in [-0.05, 0) is 107 Å². The molecule has 0 bridgehead atoms. The first-order valence-corrected chi connectivity index (χ1v) is 29.2. The zero-order chi connectivity index (χ0) is 58.5. The van der Waals surface area contributed by atoms with E-state index >= 15 is 0 Å². The van der Waals surface area contributed by atoms with Crippen molar-refractivity contribution in [3.8, 4) is 0 Å². The van der Waals surface area contributed by atoms with Crippen LogP contribution in [0.25, 0.3) is 6.08 Å². The van der Waals surface area contributed by atoms with Crippen LogP contribution in [0.1, 0.15) is 112 Å². The van der Waals surface area contributed by atoms with Crippen molar-refractivity contribution >= 4 is 18.0 Å². The second-order valence-corrected chi connectivity index (χ2v) is 24.7. The molecule has 8 aliphatic rings. The molecule has 81 heavy (non-hydrogen) atoms. The van der Waals surface area contributed by atoms with Crippen molar-refractivity contribution in [2.45, 2.75) is 247 Å². The van der Waals surface area contributed by atoms with Crippen LogP contribution in [0.5, 0.6) is 0 Å². The number of esters is 2. The third kappa shape index (κ3) is 12.1. The van der Waals surface area contributed by atoms with Crippen LogP contribution in [-0.4, -0.2) is 216 Å². The molecule has 0 radical (unpaired) electrons. The van der Waals surface area contributed by atoms with Crippen LogP contribution >= 0.6 is 0 Å². The molecule has 0 spiro atoms. The SMILES string of the molecule is COC1CC(OC2CCC3(C)C(CCC4C3C(OC(=O)C=Cc3ccccc3)C(OC(C)=O)C3(C)C(C(C)O)CCC43O)C2)OC(C)C1OC1CC(OC)C(OC2OC(C)C(OC3OC(CO)C(O)C(O)C3O)C(OC)C2O)C(C)O1. The largest absolute Gasteiger partial charge is 0.458 e. The second-order valence-electron chi connectivity index (χ2n) is 24.7. The zero-order valence-corrected chi connectivity index (χ0v) is 48.4. The molecular weight excluding hydrogens is 1060 g/mol. The summed E-state index contributed by atoms with van der Waals surface area (Å²) >= 11 is 0. The number of fused-ring (bicyclic) bond motifs is 5. The summed E-state index contributed by atoms with van der Waals surface area (Å²) in [5.41, 5.74) is -2.05. The molecule has 458 valence electrons. The standard InChI is InChI=1S/C59H90O22/c1-28(61)36-21-23-59(68)37-18-17-34-24-35(20-22-57(34,6)44(37)52(54(58(36,59)7)75-32(5)62)78-41(63)19-16-33-14-12-11-13-15-33)76-42-25-38(69-8)49(29(2)72-42)79-43-26-39(70-9)50(30(3)73-43)80-56-48(67)53(71-10)51(31(4)74-56)81-55-47(66)46(65)45(64)40(27-60)77-55/h11-16,19,28-31,34-40,42-56,60-61,64-68H,17-18,20-27H2,1-10H3. The maximum atomic E-state index is 14.0. The summed E-state index contributed by atoms with van der Waals surface area (Å²) in [5.74, 6) is -2.14. The van der Waals surface area contributed by atoms with E-state index in [0.717, 1.165) is 12.0 Å². The third-order valence-corrected chi connectivity index (χ3v) is 20.2. The van der Waals surface area contributed by atoms with Gasteiger partial charge in [0, 0.05) is 58.5 Å². The van der Waals surface area contributed by atoms with E-state index in [-0.39, 0.29) is 30.3 Å². The Kier molecular flexibility index (Phi) is 19.8. The molecule has 4 saturated heterocycles. The van der Waals surface area contributed by atoms with E-state index in [9.17, 15) is 45.3 Å². The molecule has 0 aromatic heterocycles. The van der Waals surface area contributed by atoms with Crippen molar-refractivity contribution in [2.75, 3.05) is 27.9 Å². The number of methoxy groups -OCH3 is 3. The van der Waals surface area contributed by atoms with Gasteiger partial charge in [-0.1, -0.05) is 44.2 Å². The predicted octanol–water partition coefficient (Wildman–Crippen LogP) is 2.68. The quantitative estimate of drug-likeness (QED) is 0.0670. The fourth-order valence-electron chi connectivity index (χ4n) is 16.0. The summed E-state index contributed by atoms with van der Waals surface area (Å²) in [5, 5.41) is 76.9. The molecule has 0 amide bonds. The second kappa shape index (κ2) is 25.6. The van der Waals surface area contributed by atoms with Crippen LogP contribution in [0.2, 0.25) is 0 Å². The van der Waals surface area contributed by atoms with Crippen LogP contribution in [0.3, 0.4) is 0 Å². The number of benzene rings is 1. The van der Waals surface area contributed by atoms with Crippen molar-refractivity contribution in [3.63, 3.8) is 0 Å². The molecule has 1 aromatic carbocycles. The summed E-state index contributed by atoms with van der Waals surface area (Å²) in [7, 11) is 4.53. The zero-order valence-electron chi connectivity index (χ0n) is 48.4. The average Bonchev–Trinajstić information content (AvgIpc) is 2.98. The smallest absolute Gasteiger partial charge is 0.331 e. The van der Waals surface area contributed by atoms with Crippen LogP contribution in [0.15, 0.2) is 36.4 Å². The van der Waals surface area contributed by atoms with Crippen molar-refractivity contribution in [3.05, 3.63) is 42.0 Å². The highest BCUT2D eigenvalue weighted by Crippen LogP contribution is 2.70. The van der Waals surface area contributed by atoms with Gasteiger partial charge in [0.05, 0.1) is 54.9 Å². The van der Waals surface area contributed by atoms with E-state index in [1.807, 2.05) is 44.2 Å². The van der Waals surface area contributed by atoms with Crippen molar-refractivity contribution in [1.29, 1.82) is 0 Å². The third-order valence-electron chi connectivity index (χ3n) is 20.2. The van der Waals surface area contributed by atoms with Gasteiger partial charge in [0.25, 0.3) is 0 Å². The maximum Gasteiger partial charge on any atom is 0.331 e. The number of carbonyl (C=O) groups is 2. The van der Waals surface area contributed by atoms with Gasteiger partial charge < -0.3 is 97.3 Å². The molecule has 29 unspecified atom stereocenters. The Balaban J connectivity index is 0.830. The molecule has 22 heteroatoms. The lowest BCUT2D eigenvalue weighted by Gasteiger charge is -2.67. The molecule has 4 aliphatic carbocycles. The fraction of sp³-hybridized carbons (Fsp3) is 0.831. The van der Waals surface area contributed by atoms with E-state index in [1.165, 1.54) is 20.1 Å². The molecule has 7 N–H and O–H groups in total. The Morgan fingerprint density at radius 2 is 1.31 bits per heavy atom. The maximum absolute atomic E-state index is 14.0. The monoisotopic (exact) mass is 1150 g/mol. The summed E-state index contributed by atoms with van der Waals surface area (Å²) < 4.78 is 81.2. The van der Waals surface area contributed by atoms with Gasteiger partial charge in [-0.25, -0.2) is 4.79 Å². The highest BCUT2D eigenvalue weighted by atomic mass is 16.8. The first kappa shape index (κ1) is 62.7. The van der Waals surface area contributed by atoms with Crippen molar-refractivity contribution in [1.82, 2.24) is 0 Å². The lowest BCUT2D eigenvalue weighted by atomic mass is 9.41. The van der Waals surface area contributed by atoms with E-state index in [0.29, 0.717) is 44.9 Å². The van der Waals surface area contributed by atoms with Crippen molar-refractivity contribution < 1.29 is 107 Å². The minimum Gasteiger partial charge on any atom is -0.458 e. The number of aliphatic hydroxyl groups excluding tert-OH is 6. The molecule has 8 fully saturated rings. The highest BCUT2D eigenvalue weighted by Gasteiger charge is 2.76. The Labute approximate surface area is 474 Å². The predicted molar refractivity (Wildman–Crippen MR) is 284 cm³/mol. The lowest BCUT2D eigenvalue weighted by Crippen LogP contribution is -2.73. The lowest BCUT2D eigenvalue weighted by molar-refractivity contribution is -0.373. The van der Waals surface area contributed by atoms with Crippen molar-refractivity contribution in [2.24, 2.45) is 34.5 Å². The van der Waals surface area contributed by atoms with E-state index in [4.69, 9.17) is 61.6 Å². The van der Waals surface area contributed by atoms with Crippen LogP contribution in [0, 0.1) is 34.5 Å². The van der Waals surface area contributed by atoms with Crippen LogP contribution < -0.4 is 0 Å². The summed E-state index contributed by atoms with van der Waals surface area (Å²) in [4.78, 5) is 27.1. The minimum atomic E-state index is -1.68. The number of aliphatic hydroxyl groups is 7. The molecule has 22 nitrogen and oxygen atoms in total. The minimum absolute atomic E-state index is 0.0921. The molecule has 4 heterocycles. The molecule has 4 aliphatic heterocycles. The summed E-state index contributed by atoms with van der Waals surface area (Å²) in [6.07, 6.45) is -13.0. The first-order chi connectivity index (χ1) is 38.5. The Bertz CT molecular complexity index is 2270. The number of ether oxygens (including phenoxy) is 13. The number of carbonyl (C=O) groups excluding carboxylic acids is 2.